The van der Waals surface area contributed by atoms with Crippen molar-refractivity contribution in [3.63, 3.8) is 0 Å². The molecule has 216 valence electrons. The number of H-pyrrole nitrogens is 1. The number of hydrogen-bond donors (Lipinski definition) is 2. The van der Waals surface area contributed by atoms with Crippen LogP contribution in [0.5, 0.6) is 5.88 Å². The molecule has 2 amide bonds. The van der Waals surface area contributed by atoms with Crippen LogP contribution >= 0.6 is 0 Å². The molecule has 41 heavy (non-hydrogen) atoms. The molecule has 1 aliphatic carbocycles. The second-order valence-electron chi connectivity index (χ2n) is 11.1. The Morgan fingerprint density at radius 2 is 1.93 bits per heavy atom. The van der Waals surface area contributed by atoms with Crippen molar-refractivity contribution in [2.75, 3.05) is 31.6 Å². The van der Waals surface area contributed by atoms with E-state index in [0.717, 1.165) is 6.20 Å². The van der Waals surface area contributed by atoms with Gasteiger partial charge in [-0.1, -0.05) is 0 Å². The van der Waals surface area contributed by atoms with Gasteiger partial charge in [0.2, 0.25) is 11.8 Å². The molecule has 3 aliphatic rings. The number of aromatic amines is 1. The van der Waals surface area contributed by atoms with Crippen LogP contribution < -0.4 is 15.4 Å². The van der Waals surface area contributed by atoms with E-state index in [1.54, 1.807) is 11.8 Å². The molecule has 3 unspecified atom stereocenters. The number of nitrogens with one attached hydrogen (secondary N) is 1. The predicted octanol–water partition coefficient (Wildman–Crippen LogP) is 2.59. The summed E-state index contributed by atoms with van der Waals surface area (Å²) >= 11 is 0. The van der Waals surface area contributed by atoms with Gasteiger partial charge in [0.05, 0.1) is 43.6 Å². The van der Waals surface area contributed by atoms with Crippen molar-refractivity contribution in [1.82, 2.24) is 30.0 Å². The van der Waals surface area contributed by atoms with Crippen LogP contribution in [0.15, 0.2) is 30.7 Å². The van der Waals surface area contributed by atoms with E-state index < -0.39 is 53.4 Å². The number of primary amides is 1. The lowest BCUT2D eigenvalue weighted by molar-refractivity contribution is -0.124. The minimum absolute atomic E-state index is 0.00691. The first kappa shape index (κ1) is 27.0. The zero-order valence-electron chi connectivity index (χ0n) is 22.5. The molecular weight excluding hydrogens is 541 g/mol. The summed E-state index contributed by atoms with van der Waals surface area (Å²) < 4.78 is 50.6. The SMILES string of the molecule is COc1cc(-c2cc(C(=O)N3CCC(C(N)=O)CC34CC4[C@@H]3CN(c4cnc(C)cn4)CC3(F)F)n[nH]2)c(F)cn1. The monoisotopic (exact) mass is 570 g/mol. The third-order valence-corrected chi connectivity index (χ3v) is 8.65. The third-order valence-electron chi connectivity index (χ3n) is 8.65. The molecule has 5 heterocycles. The maximum Gasteiger partial charge on any atom is 0.274 e. The van der Waals surface area contributed by atoms with Crippen molar-refractivity contribution >= 4 is 17.6 Å². The lowest BCUT2D eigenvalue weighted by atomic mass is 9.84. The van der Waals surface area contributed by atoms with E-state index in [9.17, 15) is 14.0 Å². The van der Waals surface area contributed by atoms with E-state index >= 15 is 8.78 Å². The Hall–Kier alpha value is -4.23. The number of pyridine rings is 1. The molecule has 3 fully saturated rings. The highest BCUT2D eigenvalue weighted by molar-refractivity contribution is 5.94. The van der Waals surface area contributed by atoms with Gasteiger partial charge in [-0.15, -0.1) is 0 Å². The van der Waals surface area contributed by atoms with Gasteiger partial charge in [-0.25, -0.2) is 23.1 Å². The number of amides is 2. The van der Waals surface area contributed by atoms with E-state index in [1.807, 2.05) is 0 Å². The molecule has 0 aromatic carbocycles. The van der Waals surface area contributed by atoms with Crippen molar-refractivity contribution < 1.29 is 27.5 Å². The minimum Gasteiger partial charge on any atom is -0.481 e. The highest BCUT2D eigenvalue weighted by atomic mass is 19.3. The van der Waals surface area contributed by atoms with Crippen LogP contribution in [0.25, 0.3) is 11.3 Å². The minimum atomic E-state index is -3.05. The molecule has 11 nitrogen and oxygen atoms in total. The number of likely N-dealkylation sites (tertiary alicyclic amines) is 1. The number of halogens is 3. The summed E-state index contributed by atoms with van der Waals surface area (Å²) in [6.45, 7) is 1.45. The first-order chi connectivity index (χ1) is 19.5. The topological polar surface area (TPSA) is 143 Å². The number of ether oxygens (including phenoxy) is 1. The van der Waals surface area contributed by atoms with Gasteiger partial charge in [0.15, 0.2) is 11.5 Å². The third kappa shape index (κ3) is 4.64. The van der Waals surface area contributed by atoms with Crippen molar-refractivity contribution in [3.05, 3.63) is 47.9 Å². The second kappa shape index (κ2) is 9.70. The van der Waals surface area contributed by atoms with Crippen LogP contribution in [0.1, 0.15) is 35.4 Å². The molecule has 14 heteroatoms. The summed E-state index contributed by atoms with van der Waals surface area (Å²) in [5, 5.41) is 6.80. The van der Waals surface area contributed by atoms with Crippen LogP contribution in [0.4, 0.5) is 19.0 Å². The fourth-order valence-electron chi connectivity index (χ4n) is 6.47. The zero-order chi connectivity index (χ0) is 29.1. The molecule has 2 saturated heterocycles. The van der Waals surface area contributed by atoms with Crippen molar-refractivity contribution in [2.45, 2.75) is 37.6 Å². The zero-order valence-corrected chi connectivity index (χ0v) is 22.5. The molecule has 4 atom stereocenters. The van der Waals surface area contributed by atoms with Gasteiger partial charge in [-0.3, -0.25) is 19.7 Å². The highest BCUT2D eigenvalue weighted by Gasteiger charge is 2.70. The van der Waals surface area contributed by atoms with Crippen LogP contribution in [-0.2, 0) is 4.79 Å². The molecule has 0 radical (unpaired) electrons. The van der Waals surface area contributed by atoms with Crippen molar-refractivity contribution in [3.8, 4) is 17.1 Å². The largest absolute Gasteiger partial charge is 0.481 e. The molecule has 1 spiro atoms. The fourth-order valence-corrected chi connectivity index (χ4v) is 6.47. The van der Waals surface area contributed by atoms with Crippen LogP contribution in [0.2, 0.25) is 0 Å². The number of piperidine rings is 1. The number of carbonyl (C=O) groups is 2. The second-order valence-corrected chi connectivity index (χ2v) is 11.1. The standard InChI is InChI=1S/C27H29F3N8O3/c1-14-9-33-22(11-32-14)37-12-18(27(29,30)13-37)17-8-26(17)7-15(24(31)39)3-4-38(26)25(40)21-6-20(35-36-21)16-5-23(41-2)34-10-19(16)28/h5-6,9-11,15,17-18H,3-4,7-8,12-13H2,1-2H3,(H2,31,39)(H,35,36)/t15?,17?,18-,26?/m0/s1. The van der Waals surface area contributed by atoms with Gasteiger partial charge in [0.1, 0.15) is 5.82 Å². The maximum atomic E-state index is 15.5. The Morgan fingerprint density at radius 3 is 2.63 bits per heavy atom. The number of aromatic nitrogens is 5. The van der Waals surface area contributed by atoms with Gasteiger partial charge in [0, 0.05) is 42.1 Å². The molecule has 0 bridgehead atoms. The number of anilines is 1. The van der Waals surface area contributed by atoms with E-state index in [1.165, 1.54) is 36.5 Å². The first-order valence-electron chi connectivity index (χ1n) is 13.3. The molecule has 1 saturated carbocycles. The van der Waals surface area contributed by atoms with Crippen LogP contribution in [0.3, 0.4) is 0 Å². The van der Waals surface area contributed by atoms with Gasteiger partial charge in [-0.2, -0.15) is 5.10 Å². The van der Waals surface area contributed by atoms with Gasteiger partial charge < -0.3 is 20.3 Å². The van der Waals surface area contributed by atoms with Gasteiger partial charge in [0.25, 0.3) is 11.8 Å². The maximum absolute atomic E-state index is 15.5. The number of aryl methyl sites for hydroxylation is 1. The Kier molecular flexibility index (Phi) is 6.38. The molecule has 3 aromatic rings. The Labute approximate surface area is 233 Å². The average Bonchev–Trinajstić information content (AvgIpc) is 3.27. The van der Waals surface area contributed by atoms with E-state index in [-0.39, 0.29) is 42.3 Å². The summed E-state index contributed by atoms with van der Waals surface area (Å²) in [6, 6.07) is 2.79. The predicted molar refractivity (Wildman–Crippen MR) is 140 cm³/mol. The summed E-state index contributed by atoms with van der Waals surface area (Å²) in [5.41, 5.74) is 5.70. The number of carbonyl (C=O) groups excluding carboxylic acids is 2. The summed E-state index contributed by atoms with van der Waals surface area (Å²) in [6.07, 6.45) is 4.83. The number of rotatable bonds is 6. The van der Waals surface area contributed by atoms with E-state index in [0.29, 0.717) is 24.4 Å². The van der Waals surface area contributed by atoms with Crippen molar-refractivity contribution in [1.29, 1.82) is 0 Å². The number of methoxy groups -OCH3 is 1. The normalized spacial score (nSPS) is 26.8. The van der Waals surface area contributed by atoms with Crippen molar-refractivity contribution in [2.24, 2.45) is 23.5 Å². The Morgan fingerprint density at radius 1 is 1.12 bits per heavy atom. The Balaban J connectivity index is 1.28. The van der Waals surface area contributed by atoms with Crippen LogP contribution in [0, 0.1) is 30.5 Å². The highest BCUT2D eigenvalue weighted by Crippen LogP contribution is 2.62. The number of nitrogens with two attached hydrogens (primary N) is 1. The summed E-state index contributed by atoms with van der Waals surface area (Å²) in [4.78, 5) is 41.3. The van der Waals surface area contributed by atoms with E-state index in [4.69, 9.17) is 10.5 Å². The molecule has 2 aliphatic heterocycles. The van der Waals surface area contributed by atoms with Gasteiger partial charge >= 0.3 is 0 Å². The fraction of sp³-hybridized carbons (Fsp3) is 0.481. The lowest BCUT2D eigenvalue weighted by Crippen LogP contribution is -2.52. The number of hydrogen-bond acceptors (Lipinski definition) is 8. The molecular formula is C27H29F3N8O3. The average molecular weight is 571 g/mol. The smallest absolute Gasteiger partial charge is 0.274 e. The summed E-state index contributed by atoms with van der Waals surface area (Å²) in [5.74, 6) is -6.31. The number of alkyl halides is 2. The summed E-state index contributed by atoms with van der Waals surface area (Å²) in [7, 11) is 1.40. The van der Waals surface area contributed by atoms with Gasteiger partial charge in [-0.05, 0) is 38.2 Å². The molecule has 6 rings (SSSR count). The first-order valence-corrected chi connectivity index (χ1v) is 13.3. The van der Waals surface area contributed by atoms with Crippen LogP contribution in [-0.4, -0.2) is 80.1 Å². The quantitative estimate of drug-likeness (QED) is 0.461. The molecule has 3 aromatic heterocycles. The Bertz CT molecular complexity index is 1500. The lowest BCUT2D eigenvalue weighted by Gasteiger charge is -2.41. The number of nitrogens with zero attached hydrogens (tertiary/aromatic N) is 6. The van der Waals surface area contributed by atoms with E-state index in [2.05, 4.69) is 25.1 Å². The molecule has 3 N–H and O–H groups in total.